The van der Waals surface area contributed by atoms with Gasteiger partial charge < -0.3 is 10.1 Å². The first-order valence-electron chi connectivity index (χ1n) is 9.13. The minimum Gasteiger partial charge on any atom is -0.496 e. The minimum atomic E-state index is 0.330. The highest BCUT2D eigenvalue weighted by molar-refractivity contribution is 5.66. The van der Waals surface area contributed by atoms with Crippen LogP contribution in [0.1, 0.15) is 29.2 Å². The van der Waals surface area contributed by atoms with Crippen molar-refractivity contribution >= 4 is 11.9 Å². The fourth-order valence-corrected chi connectivity index (χ4v) is 4.08. The van der Waals surface area contributed by atoms with Crippen LogP contribution in [0.3, 0.4) is 0 Å². The van der Waals surface area contributed by atoms with Crippen molar-refractivity contribution in [2.24, 2.45) is 11.0 Å². The molecule has 4 nitrogen and oxygen atoms in total. The average molecular weight is 347 g/mol. The molecule has 0 spiro atoms. The molecule has 2 unspecified atom stereocenters. The summed E-state index contributed by atoms with van der Waals surface area (Å²) in [6.07, 6.45) is 4.42. The van der Waals surface area contributed by atoms with Gasteiger partial charge in [0.2, 0.25) is 0 Å². The number of fused-ring (bicyclic) bond motifs is 3. The van der Waals surface area contributed by atoms with Gasteiger partial charge in [0.15, 0.2) is 0 Å². The van der Waals surface area contributed by atoms with Crippen LogP contribution in [-0.2, 0) is 6.42 Å². The maximum Gasteiger partial charge on any atom is 0.121 e. The lowest BCUT2D eigenvalue weighted by Crippen LogP contribution is -2.31. The molecule has 0 fully saturated rings. The Morgan fingerprint density at radius 2 is 2.15 bits per heavy atom. The van der Waals surface area contributed by atoms with E-state index in [2.05, 4.69) is 53.5 Å². The third-order valence-electron chi connectivity index (χ3n) is 5.32. The van der Waals surface area contributed by atoms with Crippen LogP contribution < -0.4 is 10.1 Å². The van der Waals surface area contributed by atoms with Crippen molar-refractivity contribution in [3.05, 3.63) is 71.4 Å². The topological polar surface area (TPSA) is 36.9 Å². The fourth-order valence-electron chi connectivity index (χ4n) is 4.08. The van der Waals surface area contributed by atoms with Crippen molar-refractivity contribution in [1.29, 1.82) is 0 Å². The van der Waals surface area contributed by atoms with Gasteiger partial charge in [0.25, 0.3) is 0 Å². The predicted molar refractivity (Wildman–Crippen MR) is 107 cm³/mol. The number of hydrazone groups is 1. The predicted octanol–water partition coefficient (Wildman–Crippen LogP) is 4.53. The van der Waals surface area contributed by atoms with Crippen LogP contribution >= 0.6 is 0 Å². The second-order valence-corrected chi connectivity index (χ2v) is 7.12. The number of rotatable bonds is 5. The van der Waals surface area contributed by atoms with Crippen molar-refractivity contribution in [3.63, 3.8) is 0 Å². The van der Waals surface area contributed by atoms with E-state index in [-0.39, 0.29) is 0 Å². The number of hydrogen-bond acceptors (Lipinski definition) is 4. The molecule has 2 atom stereocenters. The van der Waals surface area contributed by atoms with Gasteiger partial charge >= 0.3 is 0 Å². The summed E-state index contributed by atoms with van der Waals surface area (Å²) in [5.41, 5.74) is 5.93. The summed E-state index contributed by atoms with van der Waals surface area (Å²) in [7, 11) is 1.69. The summed E-state index contributed by atoms with van der Waals surface area (Å²) in [6.45, 7) is 6.96. The number of methoxy groups -OCH3 is 1. The monoisotopic (exact) mass is 347 g/mol. The minimum absolute atomic E-state index is 0.330. The molecule has 4 rings (SSSR count). The van der Waals surface area contributed by atoms with Crippen molar-refractivity contribution in [3.8, 4) is 5.75 Å². The maximum absolute atomic E-state index is 5.33. The van der Waals surface area contributed by atoms with Gasteiger partial charge in [0.05, 0.1) is 19.7 Å². The molecular formula is C22H25N3O. The molecule has 0 bridgehead atoms. The molecule has 1 aliphatic carbocycles. The lowest BCUT2D eigenvalue weighted by atomic mass is 9.80. The van der Waals surface area contributed by atoms with Crippen molar-refractivity contribution < 1.29 is 4.74 Å². The van der Waals surface area contributed by atoms with E-state index in [1.165, 1.54) is 17.5 Å². The molecule has 134 valence electrons. The van der Waals surface area contributed by atoms with Gasteiger partial charge in [0.1, 0.15) is 5.75 Å². The lowest BCUT2D eigenvalue weighted by Gasteiger charge is -2.33. The van der Waals surface area contributed by atoms with Crippen LogP contribution in [-0.4, -0.2) is 24.9 Å². The molecule has 4 heteroatoms. The van der Waals surface area contributed by atoms with Crippen molar-refractivity contribution in [2.75, 3.05) is 19.0 Å². The van der Waals surface area contributed by atoms with Gasteiger partial charge in [-0.1, -0.05) is 30.8 Å². The highest BCUT2D eigenvalue weighted by atomic mass is 16.5. The zero-order chi connectivity index (χ0) is 18.1. The highest BCUT2D eigenvalue weighted by Crippen LogP contribution is 2.41. The second kappa shape index (κ2) is 6.87. The Kier molecular flexibility index (Phi) is 4.41. The van der Waals surface area contributed by atoms with Crippen molar-refractivity contribution in [1.82, 2.24) is 5.01 Å². The third kappa shape index (κ3) is 3.07. The van der Waals surface area contributed by atoms with E-state index >= 15 is 0 Å². The molecule has 26 heavy (non-hydrogen) atoms. The number of benzene rings is 2. The molecule has 2 aromatic carbocycles. The van der Waals surface area contributed by atoms with Crippen LogP contribution in [0, 0.1) is 12.8 Å². The van der Waals surface area contributed by atoms with Crippen LogP contribution in [0.4, 0.5) is 5.69 Å². The van der Waals surface area contributed by atoms with Crippen molar-refractivity contribution in [2.45, 2.75) is 25.8 Å². The summed E-state index contributed by atoms with van der Waals surface area (Å²) in [5.74, 6) is 1.40. The fraction of sp³-hybridized carbons (Fsp3) is 0.318. The number of hydrogen-bond donors (Lipinski definition) is 1. The summed E-state index contributed by atoms with van der Waals surface area (Å²) < 4.78 is 5.33. The Labute approximate surface area is 155 Å². The summed E-state index contributed by atoms with van der Waals surface area (Å²) in [6, 6.07) is 15.2. The largest absolute Gasteiger partial charge is 0.496 e. The summed E-state index contributed by atoms with van der Waals surface area (Å²) >= 11 is 0. The molecule has 0 aromatic heterocycles. The van der Waals surface area contributed by atoms with E-state index in [0.717, 1.165) is 29.1 Å². The lowest BCUT2D eigenvalue weighted by molar-refractivity contribution is 0.207. The van der Waals surface area contributed by atoms with E-state index in [4.69, 9.17) is 9.84 Å². The molecule has 2 aliphatic rings. The number of aryl methyl sites for hydroxylation is 2. The molecule has 1 heterocycles. The molecule has 1 aliphatic heterocycles. The standard InChI is InChI=1S/C22H25N3O/c1-15-12-19(10-11-21(15)26-3)24-16(2)14-25-22-18(13-23-25)9-8-17-6-4-5-7-20(17)22/h4-7,10-13,18,22,24H,2,8-9,14H2,1,3H3. The van der Waals surface area contributed by atoms with E-state index < -0.39 is 0 Å². The first kappa shape index (κ1) is 16.7. The Morgan fingerprint density at radius 3 is 2.96 bits per heavy atom. The summed E-state index contributed by atoms with van der Waals surface area (Å²) in [5, 5.41) is 10.3. The first-order valence-corrected chi connectivity index (χ1v) is 9.13. The molecule has 0 amide bonds. The van der Waals surface area contributed by atoms with Gasteiger partial charge in [-0.25, -0.2) is 0 Å². The third-order valence-corrected chi connectivity index (χ3v) is 5.32. The molecule has 1 N–H and O–H groups in total. The molecule has 0 saturated carbocycles. The van der Waals surface area contributed by atoms with E-state index in [1.807, 2.05) is 19.1 Å². The van der Waals surface area contributed by atoms with Crippen LogP contribution in [0.25, 0.3) is 0 Å². The van der Waals surface area contributed by atoms with E-state index in [1.54, 1.807) is 7.11 Å². The quantitative estimate of drug-likeness (QED) is 0.863. The summed E-state index contributed by atoms with van der Waals surface area (Å²) in [4.78, 5) is 0. The van der Waals surface area contributed by atoms with Gasteiger partial charge in [-0.05, 0) is 54.7 Å². The number of anilines is 1. The van der Waals surface area contributed by atoms with Gasteiger partial charge in [-0.15, -0.1) is 0 Å². The second-order valence-electron chi connectivity index (χ2n) is 7.12. The Hall–Kier alpha value is -2.75. The zero-order valence-electron chi connectivity index (χ0n) is 15.4. The van der Waals surface area contributed by atoms with Gasteiger partial charge in [-0.2, -0.15) is 5.10 Å². The van der Waals surface area contributed by atoms with Gasteiger partial charge in [0, 0.05) is 23.5 Å². The molecule has 0 saturated heterocycles. The van der Waals surface area contributed by atoms with Gasteiger partial charge in [-0.3, -0.25) is 5.01 Å². The molecule has 0 radical (unpaired) electrons. The van der Waals surface area contributed by atoms with Crippen LogP contribution in [0.15, 0.2) is 59.8 Å². The Balaban J connectivity index is 1.47. The number of nitrogens with zero attached hydrogens (tertiary/aromatic N) is 2. The molecular weight excluding hydrogens is 322 g/mol. The zero-order valence-corrected chi connectivity index (χ0v) is 15.4. The van der Waals surface area contributed by atoms with E-state index in [9.17, 15) is 0 Å². The Morgan fingerprint density at radius 1 is 1.31 bits per heavy atom. The van der Waals surface area contributed by atoms with Crippen LogP contribution in [0.2, 0.25) is 0 Å². The number of ether oxygens (including phenoxy) is 1. The van der Waals surface area contributed by atoms with Crippen LogP contribution in [0.5, 0.6) is 5.75 Å². The van der Waals surface area contributed by atoms with E-state index in [0.29, 0.717) is 18.5 Å². The Bertz CT molecular complexity index is 858. The molecule has 2 aromatic rings. The average Bonchev–Trinajstić information content (AvgIpc) is 3.05. The smallest absolute Gasteiger partial charge is 0.121 e. The number of nitrogens with one attached hydrogen (secondary N) is 1. The SMILES string of the molecule is C=C(CN1N=CC2CCc3ccccc3C21)Nc1ccc(OC)c(C)c1. The highest BCUT2D eigenvalue weighted by Gasteiger charge is 2.36. The first-order chi connectivity index (χ1) is 12.7. The normalized spacial score (nSPS) is 20.5. The maximum atomic E-state index is 5.33.